The van der Waals surface area contributed by atoms with Crippen molar-refractivity contribution in [3.8, 4) is 0 Å². The molecule has 5 rings (SSSR count). The molecule has 0 N–H and O–H groups in total. The second kappa shape index (κ2) is 10.2. The van der Waals surface area contributed by atoms with Crippen LogP contribution < -0.4 is 4.90 Å². The number of hydrogen-bond donors (Lipinski definition) is 0. The Kier molecular flexibility index (Phi) is 7.06. The van der Waals surface area contributed by atoms with Crippen LogP contribution in [-0.2, 0) is 14.3 Å². The molecular formula is C26H36FN3O4. The molecule has 34 heavy (non-hydrogen) atoms. The van der Waals surface area contributed by atoms with Crippen LogP contribution in [0.5, 0.6) is 0 Å². The molecule has 0 aromatic heterocycles. The van der Waals surface area contributed by atoms with Crippen LogP contribution >= 0.6 is 0 Å². The smallest absolute Gasteiger partial charge is 0.409 e. The molecule has 3 fully saturated rings. The van der Waals surface area contributed by atoms with Gasteiger partial charge in [0.2, 0.25) is 5.91 Å². The predicted molar refractivity (Wildman–Crippen MR) is 126 cm³/mol. The molecule has 0 spiro atoms. The van der Waals surface area contributed by atoms with Crippen LogP contribution in [0, 0.1) is 11.7 Å². The first-order valence-corrected chi connectivity index (χ1v) is 12.9. The van der Waals surface area contributed by atoms with Crippen molar-refractivity contribution >= 4 is 17.7 Å². The highest BCUT2D eigenvalue weighted by Crippen LogP contribution is 2.46. The molecule has 1 atom stereocenters. The number of rotatable bonds is 4. The molecule has 1 aromatic rings. The summed E-state index contributed by atoms with van der Waals surface area (Å²) in [5.41, 5.74) is 1.77. The van der Waals surface area contributed by atoms with Gasteiger partial charge in [0.15, 0.2) is 0 Å². The molecule has 4 aliphatic rings. The van der Waals surface area contributed by atoms with Crippen LogP contribution in [0.3, 0.4) is 0 Å². The van der Waals surface area contributed by atoms with E-state index in [1.165, 1.54) is 6.07 Å². The number of fused-ring (bicyclic) bond motifs is 1. The summed E-state index contributed by atoms with van der Waals surface area (Å²) in [7, 11) is 0. The van der Waals surface area contributed by atoms with E-state index in [9.17, 15) is 14.0 Å². The lowest BCUT2D eigenvalue weighted by Crippen LogP contribution is -2.52. The van der Waals surface area contributed by atoms with Crippen molar-refractivity contribution < 1.29 is 23.5 Å². The first-order chi connectivity index (χ1) is 16.6. The Morgan fingerprint density at radius 2 is 1.71 bits per heavy atom. The predicted octanol–water partition coefficient (Wildman–Crippen LogP) is 3.77. The molecule has 3 saturated heterocycles. The monoisotopic (exact) mass is 473 g/mol. The molecular weight excluding hydrogens is 437 g/mol. The first kappa shape index (κ1) is 23.5. The summed E-state index contributed by atoms with van der Waals surface area (Å²) in [6, 6.07) is 5.49. The number of ether oxygens (including phenoxy) is 2. The van der Waals surface area contributed by atoms with Gasteiger partial charge in [-0.15, -0.1) is 0 Å². The van der Waals surface area contributed by atoms with Gasteiger partial charge < -0.3 is 24.2 Å². The van der Waals surface area contributed by atoms with Gasteiger partial charge >= 0.3 is 6.09 Å². The van der Waals surface area contributed by atoms with Crippen molar-refractivity contribution in [2.24, 2.45) is 5.92 Å². The molecule has 0 bridgehead atoms. The SMILES string of the molecule is CCOC(=O)N1CCC(N2CCC(N3C(=O)C(C4CCOCC4)c4cc(F)ccc43)CC2)CC1. The maximum absolute atomic E-state index is 14.2. The highest BCUT2D eigenvalue weighted by molar-refractivity contribution is 6.05. The van der Waals surface area contributed by atoms with E-state index in [-0.39, 0.29) is 35.7 Å². The number of nitrogens with zero attached hydrogens (tertiary/aromatic N) is 3. The minimum atomic E-state index is -0.269. The van der Waals surface area contributed by atoms with E-state index in [4.69, 9.17) is 9.47 Å². The number of likely N-dealkylation sites (tertiary alicyclic amines) is 2. The third-order valence-electron chi connectivity index (χ3n) is 8.20. The van der Waals surface area contributed by atoms with Gasteiger partial charge in [0.05, 0.1) is 12.5 Å². The Labute approximate surface area is 201 Å². The van der Waals surface area contributed by atoms with Crippen molar-refractivity contribution in [2.75, 3.05) is 50.9 Å². The third-order valence-corrected chi connectivity index (χ3v) is 8.20. The number of benzene rings is 1. The Morgan fingerprint density at radius 3 is 2.38 bits per heavy atom. The summed E-state index contributed by atoms with van der Waals surface area (Å²) in [5, 5.41) is 0. The standard InChI is InChI=1S/C26H36FN3O4/c1-2-34-26(32)29-13-5-20(6-14-29)28-11-7-21(8-12-28)30-23-4-3-19(27)17-22(23)24(25(30)31)18-9-15-33-16-10-18/h3-4,17-18,20-21,24H,2,5-16H2,1H3. The Morgan fingerprint density at radius 1 is 1.03 bits per heavy atom. The van der Waals surface area contributed by atoms with Crippen LogP contribution in [0.4, 0.5) is 14.9 Å². The highest BCUT2D eigenvalue weighted by atomic mass is 19.1. The van der Waals surface area contributed by atoms with E-state index < -0.39 is 0 Å². The second-order valence-corrected chi connectivity index (χ2v) is 10.0. The minimum absolute atomic E-state index is 0.147. The van der Waals surface area contributed by atoms with E-state index in [0.717, 1.165) is 76.0 Å². The van der Waals surface area contributed by atoms with E-state index in [2.05, 4.69) is 4.90 Å². The summed E-state index contributed by atoms with van der Waals surface area (Å²) >= 11 is 0. The number of amides is 2. The average Bonchev–Trinajstić information content (AvgIpc) is 3.15. The van der Waals surface area contributed by atoms with Crippen LogP contribution in [0.1, 0.15) is 56.9 Å². The van der Waals surface area contributed by atoms with E-state index >= 15 is 0 Å². The molecule has 1 aromatic carbocycles. The zero-order valence-electron chi connectivity index (χ0n) is 20.1. The lowest BCUT2D eigenvalue weighted by Gasteiger charge is -2.43. The Bertz CT molecular complexity index is 890. The van der Waals surface area contributed by atoms with Crippen LogP contribution in [0.15, 0.2) is 18.2 Å². The summed E-state index contributed by atoms with van der Waals surface area (Å²) in [4.78, 5) is 32.0. The Balaban J connectivity index is 1.23. The van der Waals surface area contributed by atoms with Gasteiger partial charge in [-0.05, 0) is 75.1 Å². The lowest BCUT2D eigenvalue weighted by atomic mass is 9.82. The van der Waals surface area contributed by atoms with Crippen molar-refractivity contribution in [3.63, 3.8) is 0 Å². The number of hydrogen-bond acceptors (Lipinski definition) is 5. The van der Waals surface area contributed by atoms with Gasteiger partial charge in [-0.3, -0.25) is 4.79 Å². The molecule has 7 nitrogen and oxygen atoms in total. The largest absolute Gasteiger partial charge is 0.450 e. The fraction of sp³-hybridized carbons (Fsp3) is 0.692. The first-order valence-electron chi connectivity index (χ1n) is 12.9. The van der Waals surface area contributed by atoms with Crippen molar-refractivity contribution in [1.82, 2.24) is 9.80 Å². The molecule has 4 aliphatic heterocycles. The van der Waals surface area contributed by atoms with Crippen LogP contribution in [0.25, 0.3) is 0 Å². The quantitative estimate of drug-likeness (QED) is 0.666. The zero-order valence-corrected chi connectivity index (χ0v) is 20.1. The topological polar surface area (TPSA) is 62.3 Å². The summed E-state index contributed by atoms with van der Waals surface area (Å²) in [6.07, 6.45) is 5.25. The lowest BCUT2D eigenvalue weighted by molar-refractivity contribution is -0.121. The number of anilines is 1. The fourth-order valence-electron chi connectivity index (χ4n) is 6.41. The molecule has 2 amide bonds. The maximum atomic E-state index is 14.2. The summed E-state index contributed by atoms with van der Waals surface area (Å²) < 4.78 is 24.8. The molecule has 0 saturated carbocycles. The van der Waals surface area contributed by atoms with Gasteiger partial charge in [0.25, 0.3) is 0 Å². The number of piperidine rings is 2. The summed E-state index contributed by atoms with van der Waals surface area (Å²) in [6.45, 7) is 6.94. The molecule has 0 radical (unpaired) electrons. The van der Waals surface area contributed by atoms with Gasteiger partial charge in [-0.1, -0.05) is 0 Å². The minimum Gasteiger partial charge on any atom is -0.450 e. The van der Waals surface area contributed by atoms with Gasteiger partial charge in [0, 0.05) is 57.2 Å². The van der Waals surface area contributed by atoms with Crippen molar-refractivity contribution in [2.45, 2.75) is 63.5 Å². The normalized spacial score (nSPS) is 25.6. The Hall–Kier alpha value is -2.19. The number of carbonyl (C=O) groups is 2. The fourth-order valence-corrected chi connectivity index (χ4v) is 6.41. The maximum Gasteiger partial charge on any atom is 0.409 e. The second-order valence-electron chi connectivity index (χ2n) is 10.0. The highest BCUT2D eigenvalue weighted by Gasteiger charge is 2.45. The van der Waals surface area contributed by atoms with E-state index in [1.54, 1.807) is 12.1 Å². The van der Waals surface area contributed by atoms with E-state index in [1.807, 2.05) is 16.7 Å². The molecule has 0 aliphatic carbocycles. The molecule has 8 heteroatoms. The van der Waals surface area contributed by atoms with E-state index in [0.29, 0.717) is 25.9 Å². The van der Waals surface area contributed by atoms with Crippen LogP contribution in [0.2, 0.25) is 0 Å². The zero-order chi connectivity index (χ0) is 23.7. The summed E-state index contributed by atoms with van der Waals surface area (Å²) in [5.74, 6) is -0.153. The van der Waals surface area contributed by atoms with Gasteiger partial charge in [-0.2, -0.15) is 0 Å². The number of carbonyl (C=O) groups excluding carboxylic acids is 2. The third kappa shape index (κ3) is 4.54. The van der Waals surface area contributed by atoms with Gasteiger partial charge in [-0.25, -0.2) is 9.18 Å². The molecule has 4 heterocycles. The van der Waals surface area contributed by atoms with Crippen molar-refractivity contribution in [3.05, 3.63) is 29.6 Å². The molecule has 1 unspecified atom stereocenters. The number of halogens is 1. The van der Waals surface area contributed by atoms with Gasteiger partial charge in [0.1, 0.15) is 5.82 Å². The average molecular weight is 474 g/mol. The van der Waals surface area contributed by atoms with Crippen molar-refractivity contribution in [1.29, 1.82) is 0 Å². The van der Waals surface area contributed by atoms with Crippen LogP contribution in [-0.4, -0.2) is 79.9 Å². The molecule has 186 valence electrons.